The van der Waals surface area contributed by atoms with Crippen molar-refractivity contribution in [3.8, 4) is 0 Å². The van der Waals surface area contributed by atoms with Crippen LogP contribution in [0.25, 0.3) is 0 Å². The van der Waals surface area contributed by atoms with Crippen molar-refractivity contribution in [3.05, 3.63) is 57.1 Å². The number of rotatable bonds is 3. The Morgan fingerprint density at radius 1 is 1.32 bits per heavy atom. The van der Waals surface area contributed by atoms with Gasteiger partial charge in [-0.05, 0) is 50.5 Å². The Labute approximate surface area is 159 Å². The highest BCUT2D eigenvalue weighted by atomic mass is 19.4. The lowest BCUT2D eigenvalue weighted by molar-refractivity contribution is -0.137. The van der Waals surface area contributed by atoms with Gasteiger partial charge in [0.2, 0.25) is 0 Å². The van der Waals surface area contributed by atoms with Gasteiger partial charge < -0.3 is 15.2 Å². The van der Waals surface area contributed by atoms with Crippen molar-refractivity contribution in [2.75, 3.05) is 18.0 Å². The first-order valence-corrected chi connectivity index (χ1v) is 8.94. The molecule has 28 heavy (non-hydrogen) atoms. The molecule has 0 unspecified atom stereocenters. The first-order chi connectivity index (χ1) is 13.1. The van der Waals surface area contributed by atoms with E-state index in [1.807, 2.05) is 4.90 Å². The predicted molar refractivity (Wildman–Crippen MR) is 98.5 cm³/mol. The quantitative estimate of drug-likeness (QED) is 0.839. The molecule has 0 saturated carbocycles. The summed E-state index contributed by atoms with van der Waals surface area (Å²) in [7, 11) is 0. The maximum atomic E-state index is 12.7. The van der Waals surface area contributed by atoms with E-state index in [4.69, 9.17) is 0 Å². The monoisotopic (exact) mass is 394 g/mol. The number of anilines is 1. The number of amides is 1. The van der Waals surface area contributed by atoms with E-state index in [1.54, 1.807) is 19.9 Å². The third kappa shape index (κ3) is 4.35. The maximum absolute atomic E-state index is 12.7. The van der Waals surface area contributed by atoms with Crippen LogP contribution in [0.1, 0.15) is 40.0 Å². The molecule has 0 aliphatic carbocycles. The van der Waals surface area contributed by atoms with Gasteiger partial charge in [0.15, 0.2) is 0 Å². The molecule has 1 atom stereocenters. The lowest BCUT2D eigenvalue weighted by atomic mass is 10.0. The fraction of sp³-hybridized carbons (Fsp3) is 0.421. The molecule has 2 aromatic heterocycles. The van der Waals surface area contributed by atoms with Crippen LogP contribution in [0.4, 0.5) is 19.0 Å². The molecule has 1 amide bonds. The van der Waals surface area contributed by atoms with Crippen LogP contribution in [0.3, 0.4) is 0 Å². The summed E-state index contributed by atoms with van der Waals surface area (Å²) in [5, 5.41) is 2.86. The van der Waals surface area contributed by atoms with Gasteiger partial charge in [0.05, 0.1) is 5.56 Å². The minimum atomic E-state index is -4.43. The van der Waals surface area contributed by atoms with Gasteiger partial charge in [-0.3, -0.25) is 9.59 Å². The molecule has 0 bridgehead atoms. The molecule has 2 aromatic rings. The number of aromatic nitrogens is 2. The number of carbonyl (C=O) groups excluding carboxylic acids is 1. The first kappa shape index (κ1) is 19.9. The number of hydrogen-bond acceptors (Lipinski definition) is 4. The normalized spacial score (nSPS) is 17.5. The molecule has 1 fully saturated rings. The Bertz CT molecular complexity index is 922. The molecule has 9 heteroatoms. The number of hydrogen-bond donors (Lipinski definition) is 2. The molecule has 0 aromatic carbocycles. The molecule has 1 saturated heterocycles. The molecular formula is C19H21F3N4O2. The van der Waals surface area contributed by atoms with Crippen LogP contribution in [0, 0.1) is 13.8 Å². The van der Waals surface area contributed by atoms with Gasteiger partial charge in [-0.1, -0.05) is 0 Å². The van der Waals surface area contributed by atoms with E-state index in [0.717, 1.165) is 18.7 Å². The minimum Gasteiger partial charge on any atom is -0.355 e. The molecule has 1 aliphatic rings. The number of carbonyl (C=O) groups is 1. The van der Waals surface area contributed by atoms with Crippen molar-refractivity contribution in [1.82, 2.24) is 15.3 Å². The fourth-order valence-corrected chi connectivity index (χ4v) is 3.44. The standard InChI is InChI=1S/C19H21F3N4O2/c1-11-8-12(2)24-17(27)16(11)18(28)25-14-4-3-7-26(10-14)15-6-5-13(9-23-15)19(20,21)22/h5-6,8-9,14H,3-4,7,10H2,1-2H3,(H,24,27)(H,25,28)/t14-/m1/s1. The molecule has 3 heterocycles. The zero-order valence-corrected chi connectivity index (χ0v) is 15.6. The van der Waals surface area contributed by atoms with Crippen molar-refractivity contribution in [2.45, 2.75) is 38.9 Å². The Morgan fingerprint density at radius 3 is 2.68 bits per heavy atom. The number of nitrogens with one attached hydrogen (secondary N) is 2. The summed E-state index contributed by atoms with van der Waals surface area (Å²) in [4.78, 5) is 33.1. The van der Waals surface area contributed by atoms with E-state index in [1.165, 1.54) is 6.07 Å². The number of halogens is 3. The van der Waals surface area contributed by atoms with Gasteiger partial charge in [-0.25, -0.2) is 4.98 Å². The second-order valence-corrected chi connectivity index (χ2v) is 7.00. The van der Waals surface area contributed by atoms with Crippen LogP contribution in [0.2, 0.25) is 0 Å². The van der Waals surface area contributed by atoms with Crippen molar-refractivity contribution < 1.29 is 18.0 Å². The Morgan fingerprint density at radius 2 is 2.07 bits per heavy atom. The smallest absolute Gasteiger partial charge is 0.355 e. The van der Waals surface area contributed by atoms with E-state index in [9.17, 15) is 22.8 Å². The topological polar surface area (TPSA) is 78.1 Å². The highest BCUT2D eigenvalue weighted by Crippen LogP contribution is 2.29. The molecule has 3 rings (SSSR count). The third-order valence-electron chi connectivity index (χ3n) is 4.75. The van der Waals surface area contributed by atoms with E-state index in [2.05, 4.69) is 15.3 Å². The maximum Gasteiger partial charge on any atom is 0.417 e. The van der Waals surface area contributed by atoms with Crippen LogP contribution < -0.4 is 15.8 Å². The van der Waals surface area contributed by atoms with E-state index in [-0.39, 0.29) is 11.6 Å². The molecule has 2 N–H and O–H groups in total. The van der Waals surface area contributed by atoms with Gasteiger partial charge in [0.25, 0.3) is 11.5 Å². The summed E-state index contributed by atoms with van der Waals surface area (Å²) < 4.78 is 38.1. The van der Waals surface area contributed by atoms with Crippen LogP contribution >= 0.6 is 0 Å². The van der Waals surface area contributed by atoms with Crippen LogP contribution in [-0.2, 0) is 6.18 Å². The number of alkyl halides is 3. The van der Waals surface area contributed by atoms with E-state index < -0.39 is 23.2 Å². The second-order valence-electron chi connectivity index (χ2n) is 7.00. The summed E-state index contributed by atoms with van der Waals surface area (Å²) in [6.07, 6.45) is -2.15. The molecule has 0 spiro atoms. The van der Waals surface area contributed by atoms with Gasteiger partial charge in [0.1, 0.15) is 11.4 Å². The van der Waals surface area contributed by atoms with Crippen molar-refractivity contribution in [2.24, 2.45) is 0 Å². The molecule has 150 valence electrons. The zero-order chi connectivity index (χ0) is 20.5. The van der Waals surface area contributed by atoms with Gasteiger partial charge in [-0.2, -0.15) is 13.2 Å². The number of pyridine rings is 2. The molecular weight excluding hydrogens is 373 g/mol. The summed E-state index contributed by atoms with van der Waals surface area (Å²) in [5.74, 6) is -0.0257. The van der Waals surface area contributed by atoms with Gasteiger partial charge >= 0.3 is 6.18 Å². The zero-order valence-electron chi connectivity index (χ0n) is 15.6. The largest absolute Gasteiger partial charge is 0.417 e. The third-order valence-corrected chi connectivity index (χ3v) is 4.75. The number of nitrogens with zero attached hydrogens (tertiary/aromatic N) is 2. The SMILES string of the molecule is Cc1cc(C)c(C(=O)N[C@@H]2CCCN(c3ccc(C(F)(F)F)cn3)C2)c(=O)[nH]1. The second kappa shape index (κ2) is 7.65. The summed E-state index contributed by atoms with van der Waals surface area (Å²) in [5.41, 5.74) is 0.113. The predicted octanol–water partition coefficient (Wildman–Crippen LogP) is 2.80. The highest BCUT2D eigenvalue weighted by molar-refractivity contribution is 5.95. The number of aryl methyl sites for hydroxylation is 2. The van der Waals surface area contributed by atoms with Crippen LogP contribution in [0.5, 0.6) is 0 Å². The molecule has 6 nitrogen and oxygen atoms in total. The summed E-state index contributed by atoms with van der Waals surface area (Å²) in [6, 6.07) is 3.84. The van der Waals surface area contributed by atoms with E-state index >= 15 is 0 Å². The van der Waals surface area contributed by atoms with Crippen molar-refractivity contribution in [1.29, 1.82) is 0 Å². The Balaban J connectivity index is 1.70. The number of piperidine rings is 1. The van der Waals surface area contributed by atoms with Gasteiger partial charge in [0, 0.05) is 31.0 Å². The minimum absolute atomic E-state index is 0.0791. The summed E-state index contributed by atoms with van der Waals surface area (Å²) >= 11 is 0. The van der Waals surface area contributed by atoms with Crippen LogP contribution in [-0.4, -0.2) is 35.0 Å². The Hall–Kier alpha value is -2.84. The number of H-pyrrole nitrogens is 1. The first-order valence-electron chi connectivity index (χ1n) is 8.94. The highest BCUT2D eigenvalue weighted by Gasteiger charge is 2.31. The van der Waals surface area contributed by atoms with Crippen molar-refractivity contribution in [3.63, 3.8) is 0 Å². The lowest BCUT2D eigenvalue weighted by Gasteiger charge is -2.34. The van der Waals surface area contributed by atoms with Gasteiger partial charge in [-0.15, -0.1) is 0 Å². The number of aromatic amines is 1. The van der Waals surface area contributed by atoms with Crippen molar-refractivity contribution >= 4 is 11.7 Å². The fourth-order valence-electron chi connectivity index (χ4n) is 3.44. The van der Waals surface area contributed by atoms with Crippen LogP contribution in [0.15, 0.2) is 29.2 Å². The van der Waals surface area contributed by atoms with E-state index in [0.29, 0.717) is 36.6 Å². The molecule has 0 radical (unpaired) electrons. The Kier molecular flexibility index (Phi) is 5.44. The molecule has 1 aliphatic heterocycles. The lowest BCUT2D eigenvalue weighted by Crippen LogP contribution is -2.49. The average molecular weight is 394 g/mol. The average Bonchev–Trinajstić information content (AvgIpc) is 2.60. The summed E-state index contributed by atoms with van der Waals surface area (Å²) in [6.45, 7) is 4.49.